The Morgan fingerprint density at radius 2 is 1.97 bits per heavy atom. The van der Waals surface area contributed by atoms with E-state index in [1.165, 1.54) is 43.8 Å². The smallest absolute Gasteiger partial charge is 0.276 e. The number of benzene rings is 2. The Morgan fingerprint density at radius 1 is 1.23 bits per heavy atom. The first kappa shape index (κ1) is 22.1. The highest BCUT2D eigenvalue weighted by atomic mass is 32.2. The summed E-state index contributed by atoms with van der Waals surface area (Å²) in [5.41, 5.74) is 1.11. The van der Waals surface area contributed by atoms with Crippen LogP contribution in [0.2, 0.25) is 0 Å². The summed E-state index contributed by atoms with van der Waals surface area (Å²) in [4.78, 5) is 34.1. The lowest BCUT2D eigenvalue weighted by molar-refractivity contribution is -0.385. The zero-order valence-electron chi connectivity index (χ0n) is 17.0. The SMILES string of the molecule is COc1cc(C2SC(NC(C)=O)=NN2C(C)=O)ccc1OCc1ccccc1[N+](=O)[O-]. The number of thioether (sulfide) groups is 1. The van der Waals surface area contributed by atoms with Gasteiger partial charge in [0.15, 0.2) is 16.7 Å². The minimum Gasteiger partial charge on any atom is -0.493 e. The van der Waals surface area contributed by atoms with Crippen LogP contribution in [0, 0.1) is 10.1 Å². The second-order valence-corrected chi connectivity index (χ2v) is 7.57. The molecule has 2 amide bonds. The van der Waals surface area contributed by atoms with E-state index in [9.17, 15) is 19.7 Å². The average molecular weight is 444 g/mol. The molecule has 0 bridgehead atoms. The Kier molecular flexibility index (Phi) is 6.75. The maximum atomic E-state index is 12.0. The molecule has 1 heterocycles. The summed E-state index contributed by atoms with van der Waals surface area (Å²) in [7, 11) is 1.47. The van der Waals surface area contributed by atoms with E-state index in [2.05, 4.69) is 10.4 Å². The number of rotatable bonds is 6. The Balaban J connectivity index is 1.81. The van der Waals surface area contributed by atoms with Gasteiger partial charge >= 0.3 is 0 Å². The lowest BCUT2D eigenvalue weighted by Crippen LogP contribution is -2.25. The third kappa shape index (κ3) is 5.12. The molecule has 31 heavy (non-hydrogen) atoms. The molecule has 0 aromatic heterocycles. The number of amidine groups is 1. The number of amides is 2. The van der Waals surface area contributed by atoms with Crippen LogP contribution < -0.4 is 14.8 Å². The molecule has 0 aliphatic carbocycles. The number of carbonyl (C=O) groups is 2. The largest absolute Gasteiger partial charge is 0.493 e. The highest BCUT2D eigenvalue weighted by Gasteiger charge is 2.33. The van der Waals surface area contributed by atoms with Crippen LogP contribution in [0.5, 0.6) is 11.5 Å². The Bertz CT molecular complexity index is 1060. The zero-order chi connectivity index (χ0) is 22.5. The van der Waals surface area contributed by atoms with Crippen LogP contribution >= 0.6 is 11.8 Å². The summed E-state index contributed by atoms with van der Waals surface area (Å²) in [5, 5.41) is 19.0. The van der Waals surface area contributed by atoms with Gasteiger partial charge in [0.1, 0.15) is 12.0 Å². The number of carbonyl (C=O) groups excluding carboxylic acids is 2. The first-order valence-electron chi connectivity index (χ1n) is 9.16. The molecule has 1 unspecified atom stereocenters. The van der Waals surface area contributed by atoms with Crippen molar-refractivity contribution in [2.75, 3.05) is 7.11 Å². The molecule has 0 spiro atoms. The molecule has 11 heteroatoms. The molecule has 0 radical (unpaired) electrons. The highest BCUT2D eigenvalue weighted by molar-refractivity contribution is 8.14. The van der Waals surface area contributed by atoms with Gasteiger partial charge in [-0.25, -0.2) is 5.01 Å². The van der Waals surface area contributed by atoms with Crippen molar-refractivity contribution in [3.05, 3.63) is 63.7 Å². The second-order valence-electron chi connectivity index (χ2n) is 6.50. The van der Waals surface area contributed by atoms with E-state index in [1.54, 1.807) is 36.4 Å². The van der Waals surface area contributed by atoms with Crippen molar-refractivity contribution in [1.29, 1.82) is 0 Å². The van der Waals surface area contributed by atoms with Crippen molar-refractivity contribution in [3.63, 3.8) is 0 Å². The molecular weight excluding hydrogens is 424 g/mol. The molecule has 0 fully saturated rings. The molecule has 3 rings (SSSR count). The zero-order valence-corrected chi connectivity index (χ0v) is 17.8. The highest BCUT2D eigenvalue weighted by Crippen LogP contribution is 2.41. The fraction of sp³-hybridized carbons (Fsp3) is 0.250. The van der Waals surface area contributed by atoms with E-state index in [0.29, 0.717) is 27.8 Å². The molecule has 1 N–H and O–H groups in total. The molecular formula is C20H20N4O6S. The first-order chi connectivity index (χ1) is 14.8. The molecule has 10 nitrogen and oxygen atoms in total. The molecule has 162 valence electrons. The molecule has 2 aromatic rings. The standard InChI is InChI=1S/C20H20N4O6S/c1-12(25)21-20-22-23(13(2)26)19(31-20)14-8-9-17(18(10-14)29-3)30-11-15-6-4-5-7-16(15)24(27)28/h4-10,19H,11H2,1-3H3,(H,21,22,25). The Morgan fingerprint density at radius 3 is 2.61 bits per heavy atom. The first-order valence-corrected chi connectivity index (χ1v) is 10.0. The number of para-hydroxylation sites is 1. The van der Waals surface area contributed by atoms with Gasteiger partial charge in [-0.2, -0.15) is 0 Å². The monoisotopic (exact) mass is 444 g/mol. The van der Waals surface area contributed by atoms with Crippen molar-refractivity contribution in [3.8, 4) is 11.5 Å². The van der Waals surface area contributed by atoms with Gasteiger partial charge in [-0.1, -0.05) is 30.0 Å². The lowest BCUT2D eigenvalue weighted by atomic mass is 10.1. The lowest BCUT2D eigenvalue weighted by Gasteiger charge is -2.20. The van der Waals surface area contributed by atoms with Crippen LogP contribution in [0.15, 0.2) is 47.6 Å². The number of methoxy groups -OCH3 is 1. The molecule has 1 atom stereocenters. The van der Waals surface area contributed by atoms with Crippen LogP contribution in [0.4, 0.5) is 5.69 Å². The van der Waals surface area contributed by atoms with Crippen molar-refractivity contribution in [1.82, 2.24) is 10.3 Å². The number of hydrazone groups is 1. The summed E-state index contributed by atoms with van der Waals surface area (Å²) in [6.45, 7) is 2.73. The number of nitrogens with zero attached hydrogens (tertiary/aromatic N) is 3. The summed E-state index contributed by atoms with van der Waals surface area (Å²) in [6.07, 6.45) is 0. The summed E-state index contributed by atoms with van der Waals surface area (Å²) in [5.74, 6) is 0.221. The van der Waals surface area contributed by atoms with E-state index < -0.39 is 10.3 Å². The molecule has 2 aromatic carbocycles. The van der Waals surface area contributed by atoms with Crippen LogP contribution in [-0.4, -0.2) is 34.0 Å². The number of hydrogen-bond donors (Lipinski definition) is 1. The molecule has 0 saturated carbocycles. The second kappa shape index (κ2) is 9.47. The van der Waals surface area contributed by atoms with Gasteiger partial charge in [-0.3, -0.25) is 19.7 Å². The molecule has 1 aliphatic rings. The average Bonchev–Trinajstić information content (AvgIpc) is 3.15. The van der Waals surface area contributed by atoms with E-state index in [-0.39, 0.29) is 24.1 Å². The van der Waals surface area contributed by atoms with Crippen LogP contribution in [0.3, 0.4) is 0 Å². The number of nitro benzene ring substituents is 1. The quantitative estimate of drug-likeness (QED) is 0.536. The summed E-state index contributed by atoms with van der Waals surface area (Å²) < 4.78 is 11.2. The third-order valence-electron chi connectivity index (χ3n) is 4.29. The van der Waals surface area contributed by atoms with Crippen molar-refractivity contribution < 1.29 is 24.0 Å². The van der Waals surface area contributed by atoms with E-state index in [1.807, 2.05) is 0 Å². The van der Waals surface area contributed by atoms with Gasteiger partial charge in [-0.15, -0.1) is 5.10 Å². The number of ether oxygens (including phenoxy) is 2. The van der Waals surface area contributed by atoms with Gasteiger partial charge in [0.25, 0.3) is 5.69 Å². The van der Waals surface area contributed by atoms with Crippen molar-refractivity contribution >= 4 is 34.4 Å². The van der Waals surface area contributed by atoms with Crippen molar-refractivity contribution in [2.24, 2.45) is 5.10 Å². The van der Waals surface area contributed by atoms with Gasteiger partial charge in [0, 0.05) is 19.9 Å². The van der Waals surface area contributed by atoms with E-state index >= 15 is 0 Å². The normalized spacial score (nSPS) is 15.3. The third-order valence-corrected chi connectivity index (χ3v) is 5.40. The van der Waals surface area contributed by atoms with Crippen LogP contribution in [-0.2, 0) is 16.2 Å². The maximum absolute atomic E-state index is 12.0. The minimum absolute atomic E-state index is 0.0135. The molecule has 1 aliphatic heterocycles. The Labute approximate surface area is 182 Å². The van der Waals surface area contributed by atoms with Crippen LogP contribution in [0.25, 0.3) is 0 Å². The van der Waals surface area contributed by atoms with E-state index in [4.69, 9.17) is 9.47 Å². The summed E-state index contributed by atoms with van der Waals surface area (Å²) >= 11 is 1.22. The van der Waals surface area contributed by atoms with Crippen LogP contribution in [0.1, 0.15) is 30.3 Å². The topological polar surface area (TPSA) is 123 Å². The van der Waals surface area contributed by atoms with Gasteiger partial charge < -0.3 is 14.8 Å². The predicted molar refractivity (Wildman–Crippen MR) is 115 cm³/mol. The fourth-order valence-electron chi connectivity index (χ4n) is 2.90. The number of hydrogen-bond acceptors (Lipinski definition) is 8. The Hall–Kier alpha value is -3.60. The van der Waals surface area contributed by atoms with Gasteiger partial charge in [0.05, 0.1) is 17.6 Å². The fourth-order valence-corrected chi connectivity index (χ4v) is 4.03. The minimum atomic E-state index is -0.488. The summed E-state index contributed by atoms with van der Waals surface area (Å²) in [6, 6.07) is 11.4. The van der Waals surface area contributed by atoms with Crippen molar-refractivity contribution in [2.45, 2.75) is 25.8 Å². The number of nitro groups is 1. The maximum Gasteiger partial charge on any atom is 0.276 e. The predicted octanol–water partition coefficient (Wildman–Crippen LogP) is 3.18. The van der Waals surface area contributed by atoms with Gasteiger partial charge in [0.2, 0.25) is 11.8 Å². The number of nitrogens with one attached hydrogen (secondary N) is 1. The molecule has 0 saturated heterocycles. The van der Waals surface area contributed by atoms with Gasteiger partial charge in [-0.05, 0) is 23.8 Å². The van der Waals surface area contributed by atoms with E-state index in [0.717, 1.165) is 0 Å².